The Labute approximate surface area is 167 Å². The summed E-state index contributed by atoms with van der Waals surface area (Å²) in [5.74, 6) is -0.376. The zero-order valence-electron chi connectivity index (χ0n) is 15.1. The van der Waals surface area contributed by atoms with Crippen LogP contribution in [0.3, 0.4) is 0 Å². The second kappa shape index (κ2) is 7.70. The van der Waals surface area contributed by atoms with Gasteiger partial charge in [-0.1, -0.05) is 12.1 Å². The normalized spacial score (nSPS) is 11.3. The molecule has 0 saturated carbocycles. The molecular formula is C19H13F3N6O2. The number of halogens is 3. The van der Waals surface area contributed by atoms with Crippen molar-refractivity contribution < 1.29 is 22.7 Å². The largest absolute Gasteiger partial charge is 0.573 e. The van der Waals surface area contributed by atoms with E-state index in [1.54, 1.807) is 30.3 Å². The number of carbonyl (C=O) groups is 1. The first-order valence-electron chi connectivity index (χ1n) is 8.57. The van der Waals surface area contributed by atoms with Gasteiger partial charge in [-0.15, -0.1) is 23.4 Å². The number of aromatic nitrogens is 4. The number of hydrogen-bond donors (Lipinski definition) is 2. The van der Waals surface area contributed by atoms with E-state index in [4.69, 9.17) is 0 Å². The first-order chi connectivity index (χ1) is 14.4. The number of urea groups is 1. The number of anilines is 2. The molecule has 0 aliphatic rings. The Hall–Kier alpha value is -4.15. The molecule has 0 saturated heterocycles. The molecule has 4 aromatic rings. The Morgan fingerprint density at radius 2 is 1.73 bits per heavy atom. The van der Waals surface area contributed by atoms with Crippen molar-refractivity contribution in [3.8, 4) is 17.0 Å². The van der Waals surface area contributed by atoms with Crippen molar-refractivity contribution in [2.75, 3.05) is 10.6 Å². The number of rotatable bonds is 4. The molecular weight excluding hydrogens is 401 g/mol. The van der Waals surface area contributed by atoms with Crippen LogP contribution in [0.1, 0.15) is 0 Å². The third-order valence-electron chi connectivity index (χ3n) is 3.92. The third kappa shape index (κ3) is 4.63. The number of fused-ring (bicyclic) bond motifs is 1. The van der Waals surface area contributed by atoms with Crippen LogP contribution in [0.15, 0.2) is 67.0 Å². The molecule has 30 heavy (non-hydrogen) atoms. The van der Waals surface area contributed by atoms with Crippen LogP contribution in [0.2, 0.25) is 0 Å². The first-order valence-corrected chi connectivity index (χ1v) is 8.57. The van der Waals surface area contributed by atoms with Crippen LogP contribution in [0.5, 0.6) is 5.75 Å². The van der Waals surface area contributed by atoms with E-state index in [9.17, 15) is 18.0 Å². The van der Waals surface area contributed by atoms with Gasteiger partial charge in [-0.3, -0.25) is 0 Å². The van der Waals surface area contributed by atoms with Crippen molar-refractivity contribution in [2.45, 2.75) is 6.36 Å². The van der Waals surface area contributed by atoms with Crippen molar-refractivity contribution in [3.05, 3.63) is 67.0 Å². The van der Waals surface area contributed by atoms with E-state index < -0.39 is 12.4 Å². The van der Waals surface area contributed by atoms with Crippen LogP contribution >= 0.6 is 0 Å². The number of nitrogens with one attached hydrogen (secondary N) is 2. The fourth-order valence-corrected chi connectivity index (χ4v) is 2.67. The molecule has 0 atom stereocenters. The number of amides is 2. The summed E-state index contributed by atoms with van der Waals surface area (Å²) in [5, 5.41) is 17.3. The smallest absolute Gasteiger partial charge is 0.406 e. The number of benzene rings is 2. The standard InChI is InChI=1S/C19H13F3N6O2/c20-19(21,22)30-15-6-4-13(5-7-15)24-18(29)25-14-3-1-2-12(10-14)16-8-9-17-26-23-11-28(17)27-16/h1-11H,(H2,24,25,29). The van der Waals surface area contributed by atoms with Crippen LogP contribution in [0, 0.1) is 0 Å². The molecule has 2 aromatic carbocycles. The number of nitrogens with zero attached hydrogens (tertiary/aromatic N) is 4. The lowest BCUT2D eigenvalue weighted by atomic mass is 10.1. The van der Waals surface area contributed by atoms with E-state index in [2.05, 4.69) is 30.7 Å². The number of ether oxygens (including phenoxy) is 1. The lowest BCUT2D eigenvalue weighted by molar-refractivity contribution is -0.274. The monoisotopic (exact) mass is 414 g/mol. The van der Waals surface area contributed by atoms with Gasteiger partial charge in [-0.05, 0) is 48.5 Å². The summed E-state index contributed by atoms with van der Waals surface area (Å²) in [6, 6.07) is 14.8. The molecule has 0 bridgehead atoms. The lowest BCUT2D eigenvalue weighted by Crippen LogP contribution is -2.19. The predicted octanol–water partition coefficient (Wildman–Crippen LogP) is 4.33. The molecule has 2 aromatic heterocycles. The third-order valence-corrected chi connectivity index (χ3v) is 3.92. The topological polar surface area (TPSA) is 93.4 Å². The van der Waals surface area contributed by atoms with Crippen LogP contribution in [0.25, 0.3) is 16.9 Å². The molecule has 2 N–H and O–H groups in total. The van der Waals surface area contributed by atoms with E-state index in [0.717, 1.165) is 17.7 Å². The van der Waals surface area contributed by atoms with Crippen LogP contribution in [-0.4, -0.2) is 32.2 Å². The summed E-state index contributed by atoms with van der Waals surface area (Å²) >= 11 is 0. The minimum atomic E-state index is -4.77. The SMILES string of the molecule is O=C(Nc1ccc(OC(F)(F)F)cc1)Nc1cccc(-c2ccc3nncn3n2)c1. The fraction of sp³-hybridized carbons (Fsp3) is 0.0526. The molecule has 11 heteroatoms. The van der Waals surface area contributed by atoms with Crippen LogP contribution in [-0.2, 0) is 0 Å². The van der Waals surface area contributed by atoms with Gasteiger partial charge >= 0.3 is 12.4 Å². The second-order valence-electron chi connectivity index (χ2n) is 6.08. The van der Waals surface area contributed by atoms with Crippen LogP contribution in [0.4, 0.5) is 29.3 Å². The zero-order chi connectivity index (χ0) is 21.1. The molecule has 0 aliphatic carbocycles. The summed E-state index contributed by atoms with van der Waals surface area (Å²) in [6.45, 7) is 0. The molecule has 0 radical (unpaired) electrons. The van der Waals surface area contributed by atoms with E-state index in [1.165, 1.54) is 23.0 Å². The Bertz CT molecular complexity index is 1190. The Morgan fingerprint density at radius 3 is 2.50 bits per heavy atom. The highest BCUT2D eigenvalue weighted by atomic mass is 19.4. The summed E-state index contributed by atoms with van der Waals surface area (Å²) in [4.78, 5) is 12.2. The zero-order valence-corrected chi connectivity index (χ0v) is 15.1. The molecule has 0 aliphatic heterocycles. The maximum atomic E-state index is 12.2. The summed E-state index contributed by atoms with van der Waals surface area (Å²) in [6.07, 6.45) is -3.29. The number of hydrogen-bond acceptors (Lipinski definition) is 5. The van der Waals surface area contributed by atoms with Crippen molar-refractivity contribution in [1.29, 1.82) is 0 Å². The maximum Gasteiger partial charge on any atom is 0.573 e. The average Bonchev–Trinajstić information content (AvgIpc) is 3.16. The molecule has 2 amide bonds. The van der Waals surface area contributed by atoms with E-state index >= 15 is 0 Å². The van der Waals surface area contributed by atoms with Gasteiger partial charge in [0.2, 0.25) is 0 Å². The molecule has 152 valence electrons. The highest BCUT2D eigenvalue weighted by Gasteiger charge is 2.30. The maximum absolute atomic E-state index is 12.2. The predicted molar refractivity (Wildman–Crippen MR) is 102 cm³/mol. The van der Waals surface area contributed by atoms with Gasteiger partial charge in [-0.25, -0.2) is 4.79 Å². The van der Waals surface area contributed by atoms with Gasteiger partial charge in [0.05, 0.1) is 5.69 Å². The van der Waals surface area contributed by atoms with Crippen molar-refractivity contribution in [3.63, 3.8) is 0 Å². The summed E-state index contributed by atoms with van der Waals surface area (Å²) in [7, 11) is 0. The number of carbonyl (C=O) groups excluding carboxylic acids is 1. The minimum Gasteiger partial charge on any atom is -0.406 e. The Balaban J connectivity index is 1.43. The second-order valence-corrected chi connectivity index (χ2v) is 6.08. The van der Waals surface area contributed by atoms with Gasteiger partial charge in [0.15, 0.2) is 5.65 Å². The molecule has 0 unspecified atom stereocenters. The quantitative estimate of drug-likeness (QED) is 0.518. The van der Waals surface area contributed by atoms with E-state index in [0.29, 0.717) is 22.7 Å². The van der Waals surface area contributed by atoms with E-state index in [1.807, 2.05) is 6.07 Å². The Morgan fingerprint density at radius 1 is 0.967 bits per heavy atom. The minimum absolute atomic E-state index is 0.304. The average molecular weight is 414 g/mol. The number of alkyl halides is 3. The highest BCUT2D eigenvalue weighted by Crippen LogP contribution is 2.24. The van der Waals surface area contributed by atoms with Crippen LogP contribution < -0.4 is 15.4 Å². The van der Waals surface area contributed by atoms with Gasteiger partial charge in [0.1, 0.15) is 12.1 Å². The summed E-state index contributed by atoms with van der Waals surface area (Å²) < 4.78 is 41.9. The van der Waals surface area contributed by atoms with Crippen molar-refractivity contribution in [2.24, 2.45) is 0 Å². The van der Waals surface area contributed by atoms with E-state index in [-0.39, 0.29) is 5.75 Å². The highest BCUT2D eigenvalue weighted by molar-refractivity contribution is 6.00. The molecule has 0 fully saturated rings. The molecule has 4 rings (SSSR count). The van der Waals surface area contributed by atoms with Gasteiger partial charge in [-0.2, -0.15) is 9.61 Å². The lowest BCUT2D eigenvalue weighted by Gasteiger charge is -2.11. The van der Waals surface area contributed by atoms with Gasteiger partial charge < -0.3 is 15.4 Å². The van der Waals surface area contributed by atoms with Gasteiger partial charge in [0, 0.05) is 16.9 Å². The summed E-state index contributed by atoms with van der Waals surface area (Å²) in [5.41, 5.74) is 2.84. The molecule has 8 nitrogen and oxygen atoms in total. The Kier molecular flexibility index (Phi) is 4.92. The van der Waals surface area contributed by atoms with Crippen molar-refractivity contribution >= 4 is 23.1 Å². The molecule has 2 heterocycles. The van der Waals surface area contributed by atoms with Gasteiger partial charge in [0.25, 0.3) is 0 Å². The molecule has 0 spiro atoms. The first kappa shape index (κ1) is 19.2. The fourth-order valence-electron chi connectivity index (χ4n) is 2.67. The van der Waals surface area contributed by atoms with Crippen molar-refractivity contribution in [1.82, 2.24) is 19.8 Å².